The lowest BCUT2D eigenvalue weighted by Crippen LogP contribution is -2.37. The molecule has 2 aromatic carbocycles. The highest BCUT2D eigenvalue weighted by atomic mass is 32.1. The largest absolute Gasteiger partial charge is 0.357 e. The summed E-state index contributed by atoms with van der Waals surface area (Å²) in [7, 11) is 0. The molecule has 1 aliphatic carbocycles. The lowest BCUT2D eigenvalue weighted by Gasteiger charge is -2.34. The van der Waals surface area contributed by atoms with Crippen LogP contribution in [-0.2, 0) is 9.59 Å². The van der Waals surface area contributed by atoms with E-state index in [1.54, 1.807) is 28.4 Å². The van der Waals surface area contributed by atoms with Gasteiger partial charge in [0, 0.05) is 35.4 Å². The second kappa shape index (κ2) is 7.78. The zero-order valence-corrected chi connectivity index (χ0v) is 17.8. The van der Waals surface area contributed by atoms with Crippen LogP contribution in [0.15, 0.2) is 77.3 Å². The zero-order chi connectivity index (χ0) is 21.5. The van der Waals surface area contributed by atoms with Crippen molar-refractivity contribution in [3.63, 3.8) is 0 Å². The second-order valence-corrected chi connectivity index (χ2v) is 8.90. The van der Waals surface area contributed by atoms with Gasteiger partial charge >= 0.3 is 0 Å². The molecule has 2 atom stereocenters. The number of carbonyl (C=O) groups excluding carboxylic acids is 2. The van der Waals surface area contributed by atoms with E-state index < -0.39 is 6.04 Å². The maximum absolute atomic E-state index is 13.7. The first-order valence-corrected chi connectivity index (χ1v) is 11.1. The molecule has 0 fully saturated rings. The molecule has 2 aliphatic rings. The fourth-order valence-corrected chi connectivity index (χ4v) is 5.45. The van der Waals surface area contributed by atoms with Crippen LogP contribution in [0.5, 0.6) is 0 Å². The second-order valence-electron chi connectivity index (χ2n) is 7.92. The molecule has 0 radical (unpaired) electrons. The summed E-state index contributed by atoms with van der Waals surface area (Å²) in [5, 5.41) is 5.50. The number of fused-ring (bicyclic) bond motifs is 1. The van der Waals surface area contributed by atoms with Crippen LogP contribution in [0.3, 0.4) is 0 Å². The van der Waals surface area contributed by atoms with Crippen LogP contribution in [0.1, 0.15) is 42.2 Å². The van der Waals surface area contributed by atoms with E-state index in [-0.39, 0.29) is 23.4 Å². The van der Waals surface area contributed by atoms with Crippen molar-refractivity contribution in [2.45, 2.75) is 31.7 Å². The molecule has 0 saturated heterocycles. The number of rotatable bonds is 2. The van der Waals surface area contributed by atoms with Crippen LogP contribution in [0.2, 0.25) is 0 Å². The molecule has 0 bridgehead atoms. The third kappa shape index (κ3) is 3.47. The summed E-state index contributed by atoms with van der Waals surface area (Å²) in [4.78, 5) is 29.3. The minimum Gasteiger partial charge on any atom is -0.357 e. The van der Waals surface area contributed by atoms with Crippen molar-refractivity contribution in [2.75, 3.05) is 10.2 Å². The Morgan fingerprint density at radius 3 is 2.55 bits per heavy atom. The van der Waals surface area contributed by atoms with E-state index >= 15 is 0 Å². The SMILES string of the molecule is CC(=O)N1c2ccccc2NC2=C(C(=O)C[C@H](c3cccs3)C2)[C@H]1c1ccc(F)cc1. The summed E-state index contributed by atoms with van der Waals surface area (Å²) >= 11 is 1.66. The fraction of sp³-hybridized carbons (Fsp3) is 0.200. The van der Waals surface area contributed by atoms with Crippen LogP contribution in [0.4, 0.5) is 15.8 Å². The molecule has 4 nitrogen and oxygen atoms in total. The maximum atomic E-state index is 13.7. The molecule has 6 heteroatoms. The van der Waals surface area contributed by atoms with Crippen LogP contribution in [0.25, 0.3) is 0 Å². The number of anilines is 2. The minimum absolute atomic E-state index is 0.0144. The number of nitrogens with one attached hydrogen (secondary N) is 1. The van der Waals surface area contributed by atoms with Crippen LogP contribution >= 0.6 is 11.3 Å². The van der Waals surface area contributed by atoms with Crippen molar-refractivity contribution in [3.05, 3.63) is 93.6 Å². The van der Waals surface area contributed by atoms with E-state index in [0.29, 0.717) is 29.7 Å². The van der Waals surface area contributed by atoms with E-state index in [2.05, 4.69) is 11.4 Å². The van der Waals surface area contributed by atoms with Crippen LogP contribution in [0, 0.1) is 5.82 Å². The molecule has 1 N–H and O–H groups in total. The monoisotopic (exact) mass is 432 g/mol. The number of ketones is 1. The normalized spacial score (nSPS) is 20.6. The van der Waals surface area contributed by atoms with Gasteiger partial charge in [-0.25, -0.2) is 4.39 Å². The molecular formula is C25H21FN2O2S. The average molecular weight is 433 g/mol. The summed E-state index contributed by atoms with van der Waals surface area (Å²) in [6.07, 6.45) is 1.07. The van der Waals surface area contributed by atoms with Gasteiger partial charge < -0.3 is 5.32 Å². The molecule has 0 spiro atoms. The van der Waals surface area contributed by atoms with Gasteiger partial charge in [-0.3, -0.25) is 14.5 Å². The molecule has 0 unspecified atom stereocenters. The minimum atomic E-state index is -0.610. The van der Waals surface area contributed by atoms with Gasteiger partial charge in [0.05, 0.1) is 17.4 Å². The van der Waals surface area contributed by atoms with E-state index in [9.17, 15) is 14.0 Å². The number of allylic oxidation sites excluding steroid dienone is 1. The van der Waals surface area contributed by atoms with Crippen LogP contribution in [-0.4, -0.2) is 11.7 Å². The van der Waals surface area contributed by atoms with Crippen molar-refractivity contribution in [2.24, 2.45) is 0 Å². The Morgan fingerprint density at radius 1 is 1.06 bits per heavy atom. The first-order chi connectivity index (χ1) is 15.0. The predicted octanol–water partition coefficient (Wildman–Crippen LogP) is 5.81. The highest BCUT2D eigenvalue weighted by Crippen LogP contribution is 2.47. The van der Waals surface area contributed by atoms with Crippen molar-refractivity contribution in [1.29, 1.82) is 0 Å². The highest BCUT2D eigenvalue weighted by molar-refractivity contribution is 7.10. The maximum Gasteiger partial charge on any atom is 0.224 e. The first kappa shape index (κ1) is 19.7. The van der Waals surface area contributed by atoms with E-state index in [1.807, 2.05) is 35.7 Å². The molecule has 31 heavy (non-hydrogen) atoms. The predicted molar refractivity (Wildman–Crippen MR) is 121 cm³/mol. The molecule has 1 aromatic heterocycles. The lowest BCUT2D eigenvalue weighted by molar-refractivity contribution is -0.117. The lowest BCUT2D eigenvalue weighted by atomic mass is 9.80. The number of thiophene rings is 1. The quantitative estimate of drug-likeness (QED) is 0.556. The standard InChI is InChI=1S/C25H21FN2O2S/c1-15(29)28-21-6-3-2-5-19(21)27-20-13-17(23-7-4-12-31-23)14-22(30)24(20)25(28)16-8-10-18(26)11-9-16/h2-12,17,25,27H,13-14H2,1H3/t17-,25-/m1/s1. The number of hydrogen-bond acceptors (Lipinski definition) is 4. The fourth-order valence-electron chi connectivity index (χ4n) is 4.62. The van der Waals surface area contributed by atoms with Gasteiger partial charge in [-0.1, -0.05) is 30.3 Å². The zero-order valence-electron chi connectivity index (χ0n) is 17.0. The van der Waals surface area contributed by atoms with E-state index in [4.69, 9.17) is 0 Å². The number of hydrogen-bond donors (Lipinski definition) is 1. The van der Waals surface area contributed by atoms with Gasteiger partial charge in [-0.05, 0) is 47.7 Å². The summed E-state index contributed by atoms with van der Waals surface area (Å²) in [6, 6.07) is 17.1. The number of para-hydroxylation sites is 2. The van der Waals surface area contributed by atoms with Gasteiger partial charge in [0.15, 0.2) is 5.78 Å². The third-order valence-corrected chi connectivity index (χ3v) is 6.99. The Morgan fingerprint density at radius 2 is 1.84 bits per heavy atom. The third-order valence-electron chi connectivity index (χ3n) is 5.96. The van der Waals surface area contributed by atoms with Gasteiger partial charge in [-0.2, -0.15) is 0 Å². The van der Waals surface area contributed by atoms with Crippen molar-refractivity contribution < 1.29 is 14.0 Å². The topological polar surface area (TPSA) is 49.4 Å². The average Bonchev–Trinajstić information content (AvgIpc) is 3.24. The Labute approximate surface area is 184 Å². The van der Waals surface area contributed by atoms with Gasteiger partial charge in [-0.15, -0.1) is 11.3 Å². The van der Waals surface area contributed by atoms with Gasteiger partial charge in [0.2, 0.25) is 5.91 Å². The molecule has 1 aliphatic heterocycles. The molecular weight excluding hydrogens is 411 g/mol. The summed E-state index contributed by atoms with van der Waals surface area (Å²) in [6.45, 7) is 1.50. The van der Waals surface area contributed by atoms with Crippen LogP contribution < -0.4 is 10.2 Å². The first-order valence-electron chi connectivity index (χ1n) is 10.2. The number of amides is 1. The number of halogens is 1. The molecule has 3 aromatic rings. The summed E-state index contributed by atoms with van der Waals surface area (Å²) < 4.78 is 13.7. The molecule has 156 valence electrons. The number of nitrogens with zero attached hydrogens (tertiary/aromatic N) is 1. The smallest absolute Gasteiger partial charge is 0.224 e. The van der Waals surface area contributed by atoms with Crippen molar-refractivity contribution >= 4 is 34.4 Å². The van der Waals surface area contributed by atoms with Gasteiger partial charge in [0.25, 0.3) is 0 Å². The Hall–Kier alpha value is -3.25. The Kier molecular flexibility index (Phi) is 4.94. The molecule has 0 saturated carbocycles. The Bertz CT molecular complexity index is 1180. The summed E-state index contributed by atoms with van der Waals surface area (Å²) in [5.74, 6) is -0.415. The molecule has 2 heterocycles. The highest BCUT2D eigenvalue weighted by Gasteiger charge is 2.40. The number of Topliss-reactive ketones (excluding diaryl/α,β-unsaturated/α-hetero) is 1. The van der Waals surface area contributed by atoms with Gasteiger partial charge in [0.1, 0.15) is 5.82 Å². The van der Waals surface area contributed by atoms with E-state index in [0.717, 1.165) is 11.4 Å². The Balaban J connectivity index is 1.72. The number of benzene rings is 2. The molecule has 1 amide bonds. The van der Waals surface area contributed by atoms with Crippen molar-refractivity contribution in [1.82, 2.24) is 0 Å². The molecule has 5 rings (SSSR count). The number of carbonyl (C=O) groups is 2. The summed E-state index contributed by atoms with van der Waals surface area (Å²) in [5.41, 5.74) is 3.63. The van der Waals surface area contributed by atoms with E-state index in [1.165, 1.54) is 23.9 Å². The van der Waals surface area contributed by atoms with Crippen molar-refractivity contribution in [3.8, 4) is 0 Å².